The van der Waals surface area contributed by atoms with Gasteiger partial charge in [0.1, 0.15) is 0 Å². The molecule has 2 aromatic rings. The summed E-state index contributed by atoms with van der Waals surface area (Å²) in [6, 6.07) is 12.0. The van der Waals surface area contributed by atoms with Crippen molar-refractivity contribution < 1.29 is 4.79 Å². The lowest BCUT2D eigenvalue weighted by molar-refractivity contribution is -0.121. The SMILES string of the molecule is CC(N)(C(=O)Nc1ccc2cc(Br)ccc2c1)C1CC1. The molecule has 1 aliphatic rings. The van der Waals surface area contributed by atoms with Crippen molar-refractivity contribution in [1.29, 1.82) is 0 Å². The zero-order valence-electron chi connectivity index (χ0n) is 11.3. The number of amides is 1. The van der Waals surface area contributed by atoms with Crippen LogP contribution in [0.4, 0.5) is 5.69 Å². The molecule has 2 aromatic carbocycles. The van der Waals surface area contributed by atoms with Gasteiger partial charge >= 0.3 is 0 Å². The summed E-state index contributed by atoms with van der Waals surface area (Å²) in [5.41, 5.74) is 6.15. The van der Waals surface area contributed by atoms with Crippen molar-refractivity contribution in [3.05, 3.63) is 40.9 Å². The standard InChI is InChI=1S/C16H17BrN2O/c1-16(18,12-4-5-12)15(20)19-14-7-3-10-8-13(17)6-2-11(10)9-14/h2-3,6-9,12H,4-5,18H2,1H3,(H,19,20). The van der Waals surface area contributed by atoms with Crippen molar-refractivity contribution in [2.75, 3.05) is 5.32 Å². The summed E-state index contributed by atoms with van der Waals surface area (Å²) in [5.74, 6) is 0.218. The topological polar surface area (TPSA) is 55.1 Å². The molecule has 0 radical (unpaired) electrons. The fourth-order valence-electron chi connectivity index (χ4n) is 2.43. The number of benzene rings is 2. The van der Waals surface area contributed by atoms with Gasteiger partial charge in [-0.15, -0.1) is 0 Å². The first-order valence-electron chi connectivity index (χ1n) is 6.76. The van der Waals surface area contributed by atoms with Gasteiger partial charge in [-0.05, 0) is 60.7 Å². The highest BCUT2D eigenvalue weighted by Crippen LogP contribution is 2.38. The number of fused-ring (bicyclic) bond motifs is 1. The Bertz CT molecular complexity index is 677. The van der Waals surface area contributed by atoms with E-state index < -0.39 is 5.54 Å². The molecular formula is C16H17BrN2O. The molecule has 0 aliphatic heterocycles. The van der Waals surface area contributed by atoms with Crippen LogP contribution in [-0.2, 0) is 4.79 Å². The van der Waals surface area contributed by atoms with E-state index in [1.165, 1.54) is 0 Å². The Balaban J connectivity index is 1.84. The number of hydrogen-bond donors (Lipinski definition) is 2. The molecule has 1 amide bonds. The van der Waals surface area contributed by atoms with E-state index in [0.29, 0.717) is 5.92 Å². The van der Waals surface area contributed by atoms with Crippen LogP contribution in [0, 0.1) is 5.92 Å². The van der Waals surface area contributed by atoms with Crippen LogP contribution in [0.3, 0.4) is 0 Å². The molecule has 3 N–H and O–H groups in total. The predicted octanol–water partition coefficient (Wildman–Crippen LogP) is 3.67. The quantitative estimate of drug-likeness (QED) is 0.900. The molecule has 20 heavy (non-hydrogen) atoms. The molecule has 1 atom stereocenters. The zero-order chi connectivity index (χ0) is 14.3. The molecule has 1 aliphatic carbocycles. The lowest BCUT2D eigenvalue weighted by atomic mass is 9.96. The van der Waals surface area contributed by atoms with Crippen LogP contribution < -0.4 is 11.1 Å². The molecule has 3 rings (SSSR count). The largest absolute Gasteiger partial charge is 0.324 e. The van der Waals surface area contributed by atoms with E-state index in [9.17, 15) is 4.79 Å². The molecule has 104 valence electrons. The molecule has 0 bridgehead atoms. The molecule has 1 unspecified atom stereocenters. The smallest absolute Gasteiger partial charge is 0.244 e. The summed E-state index contributed by atoms with van der Waals surface area (Å²) < 4.78 is 1.05. The van der Waals surface area contributed by atoms with Gasteiger partial charge in [-0.3, -0.25) is 4.79 Å². The van der Waals surface area contributed by atoms with Crippen LogP contribution >= 0.6 is 15.9 Å². The van der Waals surface area contributed by atoms with Crippen LogP contribution in [-0.4, -0.2) is 11.4 Å². The highest BCUT2D eigenvalue weighted by molar-refractivity contribution is 9.10. The van der Waals surface area contributed by atoms with Gasteiger partial charge in [-0.2, -0.15) is 0 Å². The van der Waals surface area contributed by atoms with E-state index in [-0.39, 0.29) is 5.91 Å². The van der Waals surface area contributed by atoms with Gasteiger partial charge in [-0.25, -0.2) is 0 Å². The first kappa shape index (κ1) is 13.6. The molecule has 4 heteroatoms. The maximum atomic E-state index is 12.3. The van der Waals surface area contributed by atoms with Gasteiger partial charge in [0.2, 0.25) is 5.91 Å². The van der Waals surface area contributed by atoms with E-state index in [2.05, 4.69) is 27.3 Å². The third-order valence-corrected chi connectivity index (χ3v) is 4.47. The Morgan fingerprint density at radius 2 is 1.90 bits per heavy atom. The number of carbonyl (C=O) groups excluding carboxylic acids is 1. The zero-order valence-corrected chi connectivity index (χ0v) is 12.9. The summed E-state index contributed by atoms with van der Waals surface area (Å²) in [5, 5.41) is 5.16. The fraction of sp³-hybridized carbons (Fsp3) is 0.312. The summed E-state index contributed by atoms with van der Waals surface area (Å²) >= 11 is 3.45. The second kappa shape index (κ2) is 4.86. The lowest BCUT2D eigenvalue weighted by Crippen LogP contribution is -2.50. The van der Waals surface area contributed by atoms with Crippen molar-refractivity contribution in [3.63, 3.8) is 0 Å². The number of halogens is 1. The summed E-state index contributed by atoms with van der Waals surface area (Å²) in [7, 11) is 0. The number of anilines is 1. The maximum absolute atomic E-state index is 12.3. The minimum absolute atomic E-state index is 0.100. The van der Waals surface area contributed by atoms with Gasteiger partial charge in [0.15, 0.2) is 0 Å². The van der Waals surface area contributed by atoms with Crippen LogP contribution in [0.1, 0.15) is 19.8 Å². The van der Waals surface area contributed by atoms with E-state index in [1.807, 2.05) is 37.3 Å². The van der Waals surface area contributed by atoms with Gasteiger partial charge in [0.25, 0.3) is 0 Å². The molecule has 0 aromatic heterocycles. The van der Waals surface area contributed by atoms with Gasteiger partial charge in [0, 0.05) is 10.2 Å². The van der Waals surface area contributed by atoms with Gasteiger partial charge in [0.05, 0.1) is 5.54 Å². The number of nitrogens with one attached hydrogen (secondary N) is 1. The Morgan fingerprint density at radius 3 is 2.60 bits per heavy atom. The van der Waals surface area contributed by atoms with Crippen molar-refractivity contribution in [2.45, 2.75) is 25.3 Å². The van der Waals surface area contributed by atoms with Crippen LogP contribution in [0.15, 0.2) is 40.9 Å². The minimum Gasteiger partial charge on any atom is -0.324 e. The highest BCUT2D eigenvalue weighted by atomic mass is 79.9. The molecule has 1 saturated carbocycles. The average Bonchev–Trinajstić information content (AvgIpc) is 3.23. The first-order valence-corrected chi connectivity index (χ1v) is 7.56. The first-order chi connectivity index (χ1) is 9.46. The summed E-state index contributed by atoms with van der Waals surface area (Å²) in [4.78, 5) is 12.3. The monoisotopic (exact) mass is 332 g/mol. The molecule has 3 nitrogen and oxygen atoms in total. The Morgan fingerprint density at radius 1 is 1.25 bits per heavy atom. The van der Waals surface area contributed by atoms with Gasteiger partial charge < -0.3 is 11.1 Å². The number of rotatable bonds is 3. The lowest BCUT2D eigenvalue weighted by Gasteiger charge is -2.23. The van der Waals surface area contributed by atoms with Crippen molar-refractivity contribution >= 4 is 38.3 Å². The van der Waals surface area contributed by atoms with Crippen LogP contribution in [0.5, 0.6) is 0 Å². The van der Waals surface area contributed by atoms with Crippen molar-refractivity contribution in [1.82, 2.24) is 0 Å². The van der Waals surface area contributed by atoms with Gasteiger partial charge in [-0.1, -0.05) is 28.1 Å². The van der Waals surface area contributed by atoms with Crippen LogP contribution in [0.2, 0.25) is 0 Å². The molecule has 0 spiro atoms. The number of nitrogens with two attached hydrogens (primary N) is 1. The highest BCUT2D eigenvalue weighted by Gasteiger charge is 2.44. The van der Waals surface area contributed by atoms with E-state index in [1.54, 1.807) is 0 Å². The Hall–Kier alpha value is -1.39. The maximum Gasteiger partial charge on any atom is 0.244 e. The number of carbonyl (C=O) groups is 1. The third kappa shape index (κ3) is 2.58. The Kier molecular flexibility index (Phi) is 3.30. The normalized spacial score (nSPS) is 17.8. The van der Waals surface area contributed by atoms with E-state index in [0.717, 1.165) is 33.8 Å². The average molecular weight is 333 g/mol. The van der Waals surface area contributed by atoms with Crippen molar-refractivity contribution in [2.24, 2.45) is 11.7 Å². The molecule has 1 fully saturated rings. The number of hydrogen-bond acceptors (Lipinski definition) is 2. The molecular weight excluding hydrogens is 316 g/mol. The predicted molar refractivity (Wildman–Crippen MR) is 85.6 cm³/mol. The summed E-state index contributed by atoms with van der Waals surface area (Å²) in [6.45, 7) is 1.82. The minimum atomic E-state index is -0.769. The third-order valence-electron chi connectivity index (χ3n) is 3.97. The Labute approximate surface area is 126 Å². The molecule has 0 saturated heterocycles. The van der Waals surface area contributed by atoms with Crippen molar-refractivity contribution in [3.8, 4) is 0 Å². The van der Waals surface area contributed by atoms with E-state index >= 15 is 0 Å². The second-order valence-corrected chi connectivity index (χ2v) is 6.63. The summed E-state index contributed by atoms with van der Waals surface area (Å²) in [6.07, 6.45) is 2.10. The van der Waals surface area contributed by atoms with E-state index in [4.69, 9.17) is 5.73 Å². The second-order valence-electron chi connectivity index (χ2n) is 5.72. The van der Waals surface area contributed by atoms with Crippen LogP contribution in [0.25, 0.3) is 10.8 Å². The molecule has 0 heterocycles. The fourth-order valence-corrected chi connectivity index (χ4v) is 2.81.